The molecular weight excluding hydrogens is 204 g/mol. The Morgan fingerprint density at radius 1 is 1.56 bits per heavy atom. The Bertz CT molecular complexity index is 300. The van der Waals surface area contributed by atoms with Crippen LogP contribution in [-0.4, -0.2) is 49.4 Å². The summed E-state index contributed by atoms with van der Waals surface area (Å²) in [5.74, 6) is 0.916. The number of aromatic nitrogens is 2. The predicted octanol–water partition coefficient (Wildman–Crippen LogP) is 0.291. The number of hydrogen-bond donors (Lipinski definition) is 1. The van der Waals surface area contributed by atoms with Gasteiger partial charge in [-0.2, -0.15) is 0 Å². The molecule has 0 spiro atoms. The van der Waals surface area contributed by atoms with Gasteiger partial charge in [0, 0.05) is 38.6 Å². The molecule has 0 radical (unpaired) electrons. The van der Waals surface area contributed by atoms with E-state index < -0.39 is 0 Å². The molecule has 1 aliphatic heterocycles. The number of anilines is 1. The fraction of sp³-hybridized carbons (Fsp3) is 0.636. The lowest BCUT2D eigenvalue weighted by atomic mass is 10.2. The van der Waals surface area contributed by atoms with Gasteiger partial charge in [0.2, 0.25) is 0 Å². The van der Waals surface area contributed by atoms with Crippen LogP contribution in [0.4, 0.5) is 5.82 Å². The van der Waals surface area contributed by atoms with E-state index in [9.17, 15) is 0 Å². The van der Waals surface area contributed by atoms with Gasteiger partial charge in [-0.3, -0.25) is 4.98 Å². The Hall–Kier alpha value is -1.20. The fourth-order valence-corrected chi connectivity index (χ4v) is 1.76. The average Bonchev–Trinajstić information content (AvgIpc) is 2.38. The Morgan fingerprint density at radius 3 is 3.19 bits per heavy atom. The normalized spacial score (nSPS) is 20.7. The second-order valence-electron chi connectivity index (χ2n) is 4.00. The molecule has 1 N–H and O–H groups in total. The third-order valence-electron chi connectivity index (χ3n) is 2.75. The van der Waals surface area contributed by atoms with E-state index in [1.165, 1.54) is 0 Å². The fourth-order valence-electron chi connectivity index (χ4n) is 1.76. The lowest BCUT2D eigenvalue weighted by Crippen LogP contribution is -2.43. The summed E-state index contributed by atoms with van der Waals surface area (Å²) in [6.45, 7) is 3.56. The van der Waals surface area contributed by atoms with E-state index in [1.54, 1.807) is 18.6 Å². The molecule has 1 aromatic rings. The maximum atomic E-state index is 5.41. The lowest BCUT2D eigenvalue weighted by molar-refractivity contribution is 0.0749. The van der Waals surface area contributed by atoms with Crippen LogP contribution in [0.1, 0.15) is 6.42 Å². The van der Waals surface area contributed by atoms with Crippen LogP contribution < -0.4 is 10.2 Å². The van der Waals surface area contributed by atoms with Crippen molar-refractivity contribution in [1.82, 2.24) is 15.3 Å². The van der Waals surface area contributed by atoms with Gasteiger partial charge in [0.25, 0.3) is 0 Å². The summed E-state index contributed by atoms with van der Waals surface area (Å²) in [5.41, 5.74) is 0. The van der Waals surface area contributed by atoms with E-state index in [1.807, 2.05) is 7.05 Å². The summed E-state index contributed by atoms with van der Waals surface area (Å²) in [6, 6.07) is 0.466. The van der Waals surface area contributed by atoms with Crippen LogP contribution in [0.3, 0.4) is 0 Å². The third kappa shape index (κ3) is 3.15. The van der Waals surface area contributed by atoms with Crippen LogP contribution in [0.25, 0.3) is 0 Å². The van der Waals surface area contributed by atoms with Crippen molar-refractivity contribution in [2.45, 2.75) is 12.5 Å². The van der Waals surface area contributed by atoms with Gasteiger partial charge in [-0.25, -0.2) is 4.98 Å². The van der Waals surface area contributed by atoms with Crippen LogP contribution in [0.15, 0.2) is 18.6 Å². The second-order valence-corrected chi connectivity index (χ2v) is 4.00. The molecule has 1 aromatic heterocycles. The zero-order valence-electron chi connectivity index (χ0n) is 9.59. The van der Waals surface area contributed by atoms with E-state index >= 15 is 0 Å². The molecule has 1 saturated heterocycles. The molecule has 0 amide bonds. The number of rotatable bonds is 4. The summed E-state index contributed by atoms with van der Waals surface area (Å²) in [6.07, 6.45) is 6.25. The Morgan fingerprint density at radius 2 is 2.50 bits per heavy atom. The number of ether oxygens (including phenoxy) is 1. The minimum atomic E-state index is 0.466. The second kappa shape index (κ2) is 5.77. The van der Waals surface area contributed by atoms with E-state index in [4.69, 9.17) is 4.74 Å². The monoisotopic (exact) mass is 222 g/mol. The molecule has 0 aromatic carbocycles. The summed E-state index contributed by atoms with van der Waals surface area (Å²) in [4.78, 5) is 10.4. The van der Waals surface area contributed by atoms with Gasteiger partial charge in [-0.15, -0.1) is 0 Å². The zero-order valence-corrected chi connectivity index (χ0v) is 9.59. The number of hydrogen-bond acceptors (Lipinski definition) is 5. The Balaban J connectivity index is 1.77. The minimum absolute atomic E-state index is 0.466. The first-order valence-electron chi connectivity index (χ1n) is 5.64. The molecule has 1 atom stereocenters. The maximum Gasteiger partial charge on any atom is 0.146 e. The third-order valence-corrected chi connectivity index (χ3v) is 2.75. The van der Waals surface area contributed by atoms with E-state index in [2.05, 4.69) is 20.2 Å². The van der Waals surface area contributed by atoms with Crippen molar-refractivity contribution >= 4 is 5.82 Å². The average molecular weight is 222 g/mol. The SMILES string of the molecule is CN(CCC1COCCN1)c1cnccn1. The summed E-state index contributed by atoms with van der Waals surface area (Å²) >= 11 is 0. The summed E-state index contributed by atoms with van der Waals surface area (Å²) < 4.78 is 5.41. The molecule has 5 heteroatoms. The topological polar surface area (TPSA) is 50.3 Å². The minimum Gasteiger partial charge on any atom is -0.379 e. The molecule has 16 heavy (non-hydrogen) atoms. The first-order chi connectivity index (χ1) is 7.86. The first kappa shape index (κ1) is 11.3. The predicted molar refractivity (Wildman–Crippen MR) is 62.5 cm³/mol. The quantitative estimate of drug-likeness (QED) is 0.793. The highest BCUT2D eigenvalue weighted by Crippen LogP contribution is 2.07. The van der Waals surface area contributed by atoms with Gasteiger partial charge >= 0.3 is 0 Å². The molecule has 0 bridgehead atoms. The van der Waals surface area contributed by atoms with Crippen molar-refractivity contribution in [3.8, 4) is 0 Å². The highest BCUT2D eigenvalue weighted by Gasteiger charge is 2.13. The van der Waals surface area contributed by atoms with Crippen LogP contribution in [0.2, 0.25) is 0 Å². The van der Waals surface area contributed by atoms with E-state index in [0.29, 0.717) is 6.04 Å². The maximum absolute atomic E-state index is 5.41. The van der Waals surface area contributed by atoms with Crippen molar-refractivity contribution in [1.29, 1.82) is 0 Å². The molecule has 1 fully saturated rings. The van der Waals surface area contributed by atoms with Crippen molar-refractivity contribution in [2.75, 3.05) is 38.3 Å². The van der Waals surface area contributed by atoms with E-state index in [0.717, 1.165) is 38.5 Å². The standard InChI is InChI=1S/C11H18N4O/c1-15(11-8-12-3-4-14-11)6-2-10-9-16-7-5-13-10/h3-4,8,10,13H,2,5-7,9H2,1H3. The summed E-state index contributed by atoms with van der Waals surface area (Å²) in [5, 5.41) is 3.44. The number of nitrogens with zero attached hydrogens (tertiary/aromatic N) is 3. The number of nitrogens with one attached hydrogen (secondary N) is 1. The van der Waals surface area contributed by atoms with Gasteiger partial charge < -0.3 is 15.0 Å². The lowest BCUT2D eigenvalue weighted by Gasteiger charge is -2.26. The van der Waals surface area contributed by atoms with Crippen LogP contribution in [0.5, 0.6) is 0 Å². The smallest absolute Gasteiger partial charge is 0.146 e. The van der Waals surface area contributed by atoms with Gasteiger partial charge in [0.05, 0.1) is 19.4 Å². The van der Waals surface area contributed by atoms with Gasteiger partial charge in [-0.1, -0.05) is 0 Å². The zero-order chi connectivity index (χ0) is 11.2. The molecule has 1 unspecified atom stereocenters. The molecular formula is C11H18N4O. The van der Waals surface area contributed by atoms with Gasteiger partial charge in [0.15, 0.2) is 0 Å². The van der Waals surface area contributed by atoms with Crippen molar-refractivity contribution in [2.24, 2.45) is 0 Å². The van der Waals surface area contributed by atoms with Gasteiger partial charge in [-0.05, 0) is 6.42 Å². The molecule has 1 aliphatic rings. The van der Waals surface area contributed by atoms with Crippen LogP contribution in [0, 0.1) is 0 Å². The van der Waals surface area contributed by atoms with Crippen LogP contribution >= 0.6 is 0 Å². The molecule has 0 saturated carbocycles. The molecule has 0 aliphatic carbocycles. The van der Waals surface area contributed by atoms with E-state index in [-0.39, 0.29) is 0 Å². The molecule has 88 valence electrons. The van der Waals surface area contributed by atoms with Crippen LogP contribution in [-0.2, 0) is 4.74 Å². The van der Waals surface area contributed by atoms with Gasteiger partial charge in [0.1, 0.15) is 5.82 Å². The Labute approximate surface area is 95.8 Å². The highest BCUT2D eigenvalue weighted by molar-refractivity contribution is 5.33. The largest absolute Gasteiger partial charge is 0.379 e. The summed E-state index contributed by atoms with van der Waals surface area (Å²) in [7, 11) is 2.04. The molecule has 2 rings (SSSR count). The van der Waals surface area contributed by atoms with Crippen molar-refractivity contribution in [3.63, 3.8) is 0 Å². The van der Waals surface area contributed by atoms with Crippen molar-refractivity contribution in [3.05, 3.63) is 18.6 Å². The number of morpholine rings is 1. The first-order valence-corrected chi connectivity index (χ1v) is 5.64. The highest BCUT2D eigenvalue weighted by atomic mass is 16.5. The molecule has 5 nitrogen and oxygen atoms in total. The Kier molecular flexibility index (Phi) is 4.07. The van der Waals surface area contributed by atoms with Crippen molar-refractivity contribution < 1.29 is 4.74 Å². The molecule has 2 heterocycles.